The lowest BCUT2D eigenvalue weighted by Crippen LogP contribution is -2.45. The molecule has 2 aliphatic rings. The van der Waals surface area contributed by atoms with Crippen molar-refractivity contribution in [2.45, 2.75) is 24.8 Å². The Kier molecular flexibility index (Phi) is 7.83. The largest absolute Gasteiger partial charge is 0.415 e. The molecular weight excluding hydrogens is 523 g/mol. The third-order valence-corrected chi connectivity index (χ3v) is 7.78. The van der Waals surface area contributed by atoms with E-state index in [-0.39, 0.29) is 29.5 Å². The Morgan fingerprint density at radius 2 is 1.72 bits per heavy atom. The smallest absolute Gasteiger partial charge is 0.410 e. The van der Waals surface area contributed by atoms with Gasteiger partial charge < -0.3 is 25.2 Å². The predicted molar refractivity (Wildman–Crippen MR) is 146 cm³/mol. The minimum atomic E-state index is -0.571. The van der Waals surface area contributed by atoms with Gasteiger partial charge in [0.15, 0.2) is 0 Å². The number of carbonyl (C=O) groups is 2. The number of halogens is 2. The molecule has 5 rings (SSSR count). The van der Waals surface area contributed by atoms with Gasteiger partial charge >= 0.3 is 6.09 Å². The number of aromatic nitrogens is 2. The molecule has 2 aromatic carbocycles. The number of carbonyl (C=O) groups excluding carboxylic acids is 2. The summed E-state index contributed by atoms with van der Waals surface area (Å²) < 4.78 is 18.8. The number of anilines is 2. The van der Waals surface area contributed by atoms with Gasteiger partial charge in [0.05, 0.1) is 18.4 Å². The Bertz CT molecular complexity index is 1300. The highest BCUT2D eigenvalue weighted by atomic mass is 35.5. The van der Waals surface area contributed by atoms with Gasteiger partial charge in [0.1, 0.15) is 23.2 Å². The van der Waals surface area contributed by atoms with Crippen molar-refractivity contribution in [2.75, 3.05) is 43.9 Å². The SMILES string of the molecule is CN(C(=O)Oc1ccc(F)cc1)[C@@H]1CN(C(=O)C2CCN(c3cnc(N)cn3)CC2)C[C@H]1c1ccc(Cl)cc1. The second kappa shape index (κ2) is 11.4. The molecule has 3 heterocycles. The summed E-state index contributed by atoms with van der Waals surface area (Å²) in [6, 6.07) is 12.5. The number of nitrogen functional groups attached to an aromatic ring is 1. The van der Waals surface area contributed by atoms with Crippen LogP contribution in [0.1, 0.15) is 24.3 Å². The number of nitrogens with two attached hydrogens (primary N) is 1. The summed E-state index contributed by atoms with van der Waals surface area (Å²) in [5.74, 6) is 0.795. The van der Waals surface area contributed by atoms with Gasteiger partial charge in [0.2, 0.25) is 5.91 Å². The number of piperidine rings is 1. The Morgan fingerprint density at radius 1 is 1.03 bits per heavy atom. The molecule has 2 amide bonds. The summed E-state index contributed by atoms with van der Waals surface area (Å²) in [6.45, 7) is 2.24. The van der Waals surface area contributed by atoms with Gasteiger partial charge in [0.25, 0.3) is 0 Å². The van der Waals surface area contributed by atoms with Crippen LogP contribution in [0.15, 0.2) is 60.9 Å². The maximum absolute atomic E-state index is 13.7. The molecule has 11 heteroatoms. The second-order valence-electron chi connectivity index (χ2n) is 9.96. The molecule has 1 aromatic heterocycles. The highest BCUT2D eigenvalue weighted by Crippen LogP contribution is 2.34. The molecule has 2 N–H and O–H groups in total. The van der Waals surface area contributed by atoms with Gasteiger partial charge in [-0.3, -0.25) is 4.79 Å². The molecule has 3 aromatic rings. The van der Waals surface area contributed by atoms with E-state index in [2.05, 4.69) is 14.9 Å². The second-order valence-corrected chi connectivity index (χ2v) is 10.4. The number of ether oxygens (including phenoxy) is 1. The molecular formula is C28H30ClFN6O3. The van der Waals surface area contributed by atoms with Crippen LogP contribution in [0.25, 0.3) is 0 Å². The summed E-state index contributed by atoms with van der Waals surface area (Å²) in [4.78, 5) is 40.6. The number of hydrogen-bond donors (Lipinski definition) is 1. The molecule has 0 aliphatic carbocycles. The van der Waals surface area contributed by atoms with Crippen LogP contribution in [-0.4, -0.2) is 71.0 Å². The van der Waals surface area contributed by atoms with E-state index in [9.17, 15) is 14.0 Å². The van der Waals surface area contributed by atoms with Crippen molar-refractivity contribution in [3.8, 4) is 5.75 Å². The number of amides is 2. The van der Waals surface area contributed by atoms with Crippen molar-refractivity contribution in [1.29, 1.82) is 0 Å². The minimum absolute atomic E-state index is 0.0832. The predicted octanol–water partition coefficient (Wildman–Crippen LogP) is 4.19. The third-order valence-electron chi connectivity index (χ3n) is 7.53. The molecule has 39 heavy (non-hydrogen) atoms. The molecule has 2 aliphatic heterocycles. The minimum Gasteiger partial charge on any atom is -0.410 e. The van der Waals surface area contributed by atoms with Gasteiger partial charge in [-0.2, -0.15) is 0 Å². The van der Waals surface area contributed by atoms with E-state index in [0.717, 1.165) is 11.4 Å². The highest BCUT2D eigenvalue weighted by Gasteiger charge is 2.42. The molecule has 0 saturated carbocycles. The Balaban J connectivity index is 1.28. The van der Waals surface area contributed by atoms with E-state index >= 15 is 0 Å². The monoisotopic (exact) mass is 552 g/mol. The van der Waals surface area contributed by atoms with Crippen molar-refractivity contribution < 1.29 is 18.7 Å². The van der Waals surface area contributed by atoms with E-state index in [4.69, 9.17) is 22.1 Å². The molecule has 0 bridgehead atoms. The average molecular weight is 553 g/mol. The quantitative estimate of drug-likeness (QED) is 0.506. The van der Waals surface area contributed by atoms with Crippen LogP contribution in [-0.2, 0) is 4.79 Å². The number of likely N-dealkylation sites (N-methyl/N-ethyl adjacent to an activating group) is 1. The van der Waals surface area contributed by atoms with E-state index in [1.165, 1.54) is 35.4 Å². The van der Waals surface area contributed by atoms with Crippen molar-refractivity contribution in [2.24, 2.45) is 5.92 Å². The Hall–Kier alpha value is -3.92. The molecule has 204 valence electrons. The molecule has 0 unspecified atom stereocenters. The van der Waals surface area contributed by atoms with E-state index in [1.807, 2.05) is 29.2 Å². The van der Waals surface area contributed by atoms with Gasteiger partial charge in [-0.25, -0.2) is 19.2 Å². The van der Waals surface area contributed by atoms with Crippen molar-refractivity contribution in [1.82, 2.24) is 19.8 Å². The Labute approximate surface area is 231 Å². The maximum Gasteiger partial charge on any atom is 0.415 e. The van der Waals surface area contributed by atoms with Crippen molar-refractivity contribution in [3.63, 3.8) is 0 Å². The lowest BCUT2D eigenvalue weighted by Gasteiger charge is -2.33. The molecule has 2 atom stereocenters. The summed E-state index contributed by atoms with van der Waals surface area (Å²) in [7, 11) is 1.67. The van der Waals surface area contributed by atoms with Crippen LogP contribution in [0.3, 0.4) is 0 Å². The first-order chi connectivity index (χ1) is 18.8. The topological polar surface area (TPSA) is 105 Å². The van der Waals surface area contributed by atoms with Gasteiger partial charge in [-0.05, 0) is 54.8 Å². The molecule has 2 saturated heterocycles. The van der Waals surface area contributed by atoms with E-state index in [1.54, 1.807) is 13.2 Å². The number of benzene rings is 2. The standard InChI is InChI=1S/C28H30ClFN6O3/c1-34(28(38)39-22-8-6-21(30)7-9-22)24-17-36(16-23(24)18-2-4-20(29)5-3-18)27(37)19-10-12-35(13-11-19)26-15-32-25(31)14-33-26/h2-9,14-15,19,23-24H,10-13,16-17H2,1H3,(H2,31,32)/t23-,24+/m0/s1. The van der Waals surface area contributed by atoms with Crippen LogP contribution >= 0.6 is 11.6 Å². The fourth-order valence-electron chi connectivity index (χ4n) is 5.32. The number of nitrogens with zero attached hydrogens (tertiary/aromatic N) is 5. The van der Waals surface area contributed by atoms with Crippen LogP contribution in [0.5, 0.6) is 5.75 Å². The molecule has 2 fully saturated rings. The normalized spacial score (nSPS) is 19.7. The summed E-state index contributed by atoms with van der Waals surface area (Å²) >= 11 is 6.12. The van der Waals surface area contributed by atoms with E-state index in [0.29, 0.717) is 49.9 Å². The fourth-order valence-corrected chi connectivity index (χ4v) is 5.44. The third kappa shape index (κ3) is 6.06. The Morgan fingerprint density at radius 3 is 2.36 bits per heavy atom. The maximum atomic E-state index is 13.7. The summed E-state index contributed by atoms with van der Waals surface area (Å²) in [5, 5.41) is 0.614. The van der Waals surface area contributed by atoms with Crippen molar-refractivity contribution in [3.05, 3.63) is 77.3 Å². The van der Waals surface area contributed by atoms with Gasteiger partial charge in [0, 0.05) is 50.1 Å². The first kappa shape index (κ1) is 26.7. The average Bonchev–Trinajstić information content (AvgIpc) is 3.40. The van der Waals surface area contributed by atoms with Crippen LogP contribution in [0.4, 0.5) is 20.8 Å². The molecule has 9 nitrogen and oxygen atoms in total. The fraction of sp³-hybridized carbons (Fsp3) is 0.357. The van der Waals surface area contributed by atoms with Crippen LogP contribution in [0, 0.1) is 11.7 Å². The van der Waals surface area contributed by atoms with Crippen LogP contribution in [0.2, 0.25) is 5.02 Å². The van der Waals surface area contributed by atoms with Crippen LogP contribution < -0.4 is 15.4 Å². The zero-order valence-electron chi connectivity index (χ0n) is 21.5. The van der Waals surface area contributed by atoms with Gasteiger partial charge in [-0.1, -0.05) is 23.7 Å². The highest BCUT2D eigenvalue weighted by molar-refractivity contribution is 6.30. The van der Waals surface area contributed by atoms with E-state index < -0.39 is 11.9 Å². The summed E-state index contributed by atoms with van der Waals surface area (Å²) in [6.07, 6.45) is 4.00. The number of hydrogen-bond acceptors (Lipinski definition) is 7. The lowest BCUT2D eigenvalue weighted by molar-refractivity contribution is -0.135. The first-order valence-corrected chi connectivity index (χ1v) is 13.2. The number of rotatable bonds is 5. The lowest BCUT2D eigenvalue weighted by atomic mass is 9.93. The first-order valence-electron chi connectivity index (χ1n) is 12.9. The van der Waals surface area contributed by atoms with Gasteiger partial charge in [-0.15, -0.1) is 0 Å². The zero-order chi connectivity index (χ0) is 27.5. The van der Waals surface area contributed by atoms with Crippen molar-refractivity contribution >= 4 is 35.2 Å². The molecule has 0 spiro atoms. The summed E-state index contributed by atoms with van der Waals surface area (Å²) in [5.41, 5.74) is 6.63. The zero-order valence-corrected chi connectivity index (χ0v) is 22.3. The number of likely N-dealkylation sites (tertiary alicyclic amines) is 1. The molecule has 0 radical (unpaired) electrons.